The van der Waals surface area contributed by atoms with Crippen LogP contribution in [-0.2, 0) is 16.4 Å². The van der Waals surface area contributed by atoms with Gasteiger partial charge in [0.2, 0.25) is 0 Å². The third-order valence-corrected chi connectivity index (χ3v) is 3.30. The molecule has 6 heteroatoms. The number of nitrogens with zero attached hydrogens (tertiary/aromatic N) is 2. The molecule has 0 aliphatic heterocycles. The van der Waals surface area contributed by atoms with Gasteiger partial charge in [0.25, 0.3) is 0 Å². The second-order valence-corrected chi connectivity index (χ2v) is 6.79. The minimum absolute atomic E-state index is 0.137. The number of rotatable bonds is 4. The molecule has 0 spiro atoms. The Balaban J connectivity index is 2.77. The summed E-state index contributed by atoms with van der Waals surface area (Å²) in [6, 6.07) is 0. The fraction of sp³-hybridized carbons (Fsp3) is 0.667. The summed E-state index contributed by atoms with van der Waals surface area (Å²) in [5.41, 5.74) is 5.27. The molecule has 0 bridgehead atoms. The lowest BCUT2D eigenvalue weighted by Gasteiger charge is -2.24. The molecule has 86 valence electrons. The van der Waals surface area contributed by atoms with Crippen LogP contribution in [0.25, 0.3) is 0 Å². The molecule has 0 aliphatic carbocycles. The van der Waals surface area contributed by atoms with Crippen molar-refractivity contribution in [2.24, 2.45) is 5.41 Å². The molecule has 0 fully saturated rings. The van der Waals surface area contributed by atoms with E-state index in [1.165, 1.54) is 6.26 Å². The van der Waals surface area contributed by atoms with Gasteiger partial charge in [0.1, 0.15) is 9.84 Å². The lowest BCUT2D eigenvalue weighted by molar-refractivity contribution is 0.348. The van der Waals surface area contributed by atoms with Gasteiger partial charge in [-0.3, -0.25) is 0 Å². The Morgan fingerprint density at radius 1 is 1.53 bits per heavy atom. The van der Waals surface area contributed by atoms with Crippen LogP contribution in [0.4, 0.5) is 5.95 Å². The zero-order valence-corrected chi connectivity index (χ0v) is 10.1. The molecule has 15 heavy (non-hydrogen) atoms. The van der Waals surface area contributed by atoms with E-state index in [0.29, 0.717) is 12.5 Å². The third kappa shape index (κ3) is 3.91. The molecule has 0 aromatic carbocycles. The van der Waals surface area contributed by atoms with Gasteiger partial charge in [-0.15, -0.1) is 0 Å². The summed E-state index contributed by atoms with van der Waals surface area (Å²) in [4.78, 5) is 3.89. The predicted molar refractivity (Wildman–Crippen MR) is 60.1 cm³/mol. The molecule has 2 N–H and O–H groups in total. The molecular weight excluding hydrogens is 214 g/mol. The van der Waals surface area contributed by atoms with Gasteiger partial charge < -0.3 is 10.3 Å². The average Bonchev–Trinajstić information content (AvgIpc) is 2.29. The highest BCUT2D eigenvalue weighted by atomic mass is 32.2. The average molecular weight is 231 g/mol. The predicted octanol–water partition coefficient (Wildman–Crippen LogP) is 0.536. The number of hydrogen-bond donors (Lipinski definition) is 1. The second-order valence-electron chi connectivity index (χ2n) is 4.65. The van der Waals surface area contributed by atoms with E-state index in [-0.39, 0.29) is 11.2 Å². The molecule has 1 aromatic heterocycles. The summed E-state index contributed by atoms with van der Waals surface area (Å²) in [6.07, 6.45) is 4.59. The normalized spacial score (nSPS) is 13.0. The Labute approximate surface area is 90.2 Å². The van der Waals surface area contributed by atoms with E-state index in [9.17, 15) is 8.42 Å². The topological polar surface area (TPSA) is 78.0 Å². The molecule has 0 unspecified atom stereocenters. The van der Waals surface area contributed by atoms with Gasteiger partial charge in [-0.25, -0.2) is 13.4 Å². The van der Waals surface area contributed by atoms with Crippen molar-refractivity contribution in [3.05, 3.63) is 12.4 Å². The number of nitrogens with two attached hydrogens (primary N) is 1. The van der Waals surface area contributed by atoms with Crippen LogP contribution in [0, 0.1) is 5.41 Å². The molecule has 1 heterocycles. The van der Waals surface area contributed by atoms with Crippen LogP contribution in [0.1, 0.15) is 13.8 Å². The standard InChI is InChI=1S/C9H17N3O2S/c1-9(2,7-15(3,13)14)6-12-5-4-11-8(12)10/h4-5H,6-7H2,1-3H3,(H2,10,11). The van der Waals surface area contributed by atoms with Crippen molar-refractivity contribution >= 4 is 15.8 Å². The van der Waals surface area contributed by atoms with E-state index in [1.54, 1.807) is 17.0 Å². The van der Waals surface area contributed by atoms with E-state index >= 15 is 0 Å². The number of sulfone groups is 1. The highest BCUT2D eigenvalue weighted by molar-refractivity contribution is 7.90. The van der Waals surface area contributed by atoms with Gasteiger partial charge >= 0.3 is 0 Å². The summed E-state index contributed by atoms with van der Waals surface area (Å²) in [5, 5.41) is 0. The van der Waals surface area contributed by atoms with Crippen molar-refractivity contribution in [1.82, 2.24) is 9.55 Å². The summed E-state index contributed by atoms with van der Waals surface area (Å²) in [7, 11) is -2.97. The first-order chi connectivity index (χ1) is 6.70. The van der Waals surface area contributed by atoms with Crippen molar-refractivity contribution in [2.45, 2.75) is 20.4 Å². The molecule has 1 aromatic rings. The van der Waals surface area contributed by atoms with E-state index in [0.717, 1.165) is 0 Å². The Kier molecular flexibility index (Phi) is 3.08. The Morgan fingerprint density at radius 3 is 2.53 bits per heavy atom. The van der Waals surface area contributed by atoms with Crippen molar-refractivity contribution in [3.8, 4) is 0 Å². The fourth-order valence-electron chi connectivity index (χ4n) is 1.69. The van der Waals surface area contributed by atoms with E-state index in [2.05, 4.69) is 4.98 Å². The van der Waals surface area contributed by atoms with Crippen LogP contribution in [0.2, 0.25) is 0 Å². The molecule has 0 aliphatic rings. The van der Waals surface area contributed by atoms with Gasteiger partial charge in [-0.1, -0.05) is 13.8 Å². The quantitative estimate of drug-likeness (QED) is 0.820. The zero-order valence-electron chi connectivity index (χ0n) is 9.27. The summed E-state index contributed by atoms with van der Waals surface area (Å²) in [5.74, 6) is 0.550. The molecular formula is C9H17N3O2S. The van der Waals surface area contributed by atoms with Crippen molar-refractivity contribution in [3.63, 3.8) is 0 Å². The third-order valence-electron chi connectivity index (χ3n) is 2.00. The molecule has 0 amide bonds. The number of hydrogen-bond acceptors (Lipinski definition) is 4. The summed E-state index contributed by atoms with van der Waals surface area (Å²) >= 11 is 0. The number of anilines is 1. The van der Waals surface area contributed by atoms with E-state index in [1.807, 2.05) is 13.8 Å². The summed E-state index contributed by atoms with van der Waals surface area (Å²) in [6.45, 7) is 4.34. The minimum Gasteiger partial charge on any atom is -0.369 e. The number of aromatic nitrogens is 2. The highest BCUT2D eigenvalue weighted by Crippen LogP contribution is 2.21. The van der Waals surface area contributed by atoms with E-state index in [4.69, 9.17) is 5.73 Å². The van der Waals surface area contributed by atoms with Gasteiger partial charge in [-0.2, -0.15) is 0 Å². The van der Waals surface area contributed by atoms with Crippen molar-refractivity contribution in [2.75, 3.05) is 17.7 Å². The van der Waals surface area contributed by atoms with Crippen LogP contribution in [-0.4, -0.2) is 30.0 Å². The SMILES string of the molecule is CC(C)(Cn1ccnc1N)CS(C)(=O)=O. The van der Waals surface area contributed by atoms with Crippen LogP contribution < -0.4 is 5.73 Å². The first-order valence-corrected chi connectivity index (χ1v) is 6.70. The minimum atomic E-state index is -2.97. The number of nitrogen functional groups attached to an aromatic ring is 1. The Morgan fingerprint density at radius 2 is 2.13 bits per heavy atom. The maximum Gasteiger partial charge on any atom is 0.200 e. The van der Waals surface area contributed by atoms with E-state index < -0.39 is 9.84 Å². The lowest BCUT2D eigenvalue weighted by atomic mass is 9.96. The monoisotopic (exact) mass is 231 g/mol. The Bertz CT molecular complexity index is 434. The van der Waals surface area contributed by atoms with Gasteiger partial charge in [-0.05, 0) is 5.41 Å². The second kappa shape index (κ2) is 3.84. The highest BCUT2D eigenvalue weighted by Gasteiger charge is 2.24. The smallest absolute Gasteiger partial charge is 0.200 e. The summed E-state index contributed by atoms with van der Waals surface area (Å²) < 4.78 is 24.2. The maximum absolute atomic E-state index is 11.2. The van der Waals surface area contributed by atoms with Crippen LogP contribution in [0.3, 0.4) is 0 Å². The van der Waals surface area contributed by atoms with Crippen LogP contribution in [0.15, 0.2) is 12.4 Å². The van der Waals surface area contributed by atoms with Crippen molar-refractivity contribution < 1.29 is 8.42 Å². The Hall–Kier alpha value is -1.04. The molecule has 0 saturated heterocycles. The zero-order chi connectivity index (χ0) is 11.7. The van der Waals surface area contributed by atoms with Crippen LogP contribution >= 0.6 is 0 Å². The van der Waals surface area contributed by atoms with Gasteiger partial charge in [0, 0.05) is 25.2 Å². The first kappa shape index (κ1) is 12.0. The fourth-order valence-corrected chi connectivity index (χ4v) is 3.20. The van der Waals surface area contributed by atoms with Crippen molar-refractivity contribution in [1.29, 1.82) is 0 Å². The van der Waals surface area contributed by atoms with Gasteiger partial charge in [0.05, 0.1) is 5.75 Å². The molecule has 0 atom stereocenters. The maximum atomic E-state index is 11.2. The number of imidazole rings is 1. The molecule has 5 nitrogen and oxygen atoms in total. The lowest BCUT2D eigenvalue weighted by Crippen LogP contribution is -2.28. The molecule has 1 rings (SSSR count). The first-order valence-electron chi connectivity index (χ1n) is 4.64. The van der Waals surface area contributed by atoms with Gasteiger partial charge in [0.15, 0.2) is 5.95 Å². The molecule has 0 saturated carbocycles. The molecule has 0 radical (unpaired) electrons. The largest absolute Gasteiger partial charge is 0.369 e. The van der Waals surface area contributed by atoms with Crippen LogP contribution in [0.5, 0.6) is 0 Å².